The van der Waals surface area contributed by atoms with Gasteiger partial charge in [0.05, 0.1) is 15.9 Å². The molecule has 0 aliphatic carbocycles. The maximum Gasteiger partial charge on any atom is 0.175 e. The maximum absolute atomic E-state index is 11.8. The Morgan fingerprint density at radius 2 is 2.12 bits per heavy atom. The SMILES string of the molecule is CCn1cc(C(=O)CBr)c2c(Cl)cc(Cl)cc21. The average molecular weight is 335 g/mol. The largest absolute Gasteiger partial charge is 0.347 e. The molecule has 0 saturated carbocycles. The van der Waals surface area contributed by atoms with Gasteiger partial charge < -0.3 is 4.57 Å². The monoisotopic (exact) mass is 333 g/mol. The molecule has 0 fully saturated rings. The Morgan fingerprint density at radius 3 is 2.71 bits per heavy atom. The number of hydrogen-bond donors (Lipinski definition) is 0. The molecule has 1 heterocycles. The summed E-state index contributed by atoms with van der Waals surface area (Å²) in [7, 11) is 0. The number of alkyl halides is 1. The van der Waals surface area contributed by atoms with Crippen molar-refractivity contribution in [2.45, 2.75) is 13.5 Å². The summed E-state index contributed by atoms with van der Waals surface area (Å²) < 4.78 is 1.98. The highest BCUT2D eigenvalue weighted by molar-refractivity contribution is 9.09. The lowest BCUT2D eigenvalue weighted by atomic mass is 10.1. The first-order valence-corrected chi connectivity index (χ1v) is 7.03. The van der Waals surface area contributed by atoms with Crippen LogP contribution in [-0.2, 0) is 6.54 Å². The number of benzene rings is 1. The number of fused-ring (bicyclic) bond motifs is 1. The van der Waals surface area contributed by atoms with Gasteiger partial charge in [0.15, 0.2) is 5.78 Å². The molecule has 0 radical (unpaired) electrons. The van der Waals surface area contributed by atoms with Gasteiger partial charge in [0.2, 0.25) is 0 Å². The number of halogens is 3. The van der Waals surface area contributed by atoms with Crippen LogP contribution in [0.25, 0.3) is 10.9 Å². The molecule has 0 amide bonds. The van der Waals surface area contributed by atoms with E-state index in [0.29, 0.717) is 15.6 Å². The Balaban J connectivity index is 2.83. The lowest BCUT2D eigenvalue weighted by molar-refractivity contribution is 0.102. The molecule has 2 aromatic rings. The summed E-state index contributed by atoms with van der Waals surface area (Å²) in [5.74, 6) is 0.0198. The Morgan fingerprint density at radius 1 is 1.41 bits per heavy atom. The molecular formula is C12H10BrCl2NO. The zero-order valence-corrected chi connectivity index (χ0v) is 12.2. The van der Waals surface area contributed by atoms with E-state index in [9.17, 15) is 4.79 Å². The predicted octanol–water partition coefficient (Wildman–Crippen LogP) is 4.55. The van der Waals surface area contributed by atoms with Crippen molar-refractivity contribution in [2.24, 2.45) is 0 Å². The third-order valence-electron chi connectivity index (χ3n) is 2.66. The van der Waals surface area contributed by atoms with Crippen LogP contribution in [-0.4, -0.2) is 15.7 Å². The lowest BCUT2D eigenvalue weighted by Gasteiger charge is -2.02. The first-order chi connectivity index (χ1) is 8.08. The van der Waals surface area contributed by atoms with Gasteiger partial charge in [0.25, 0.3) is 0 Å². The number of aryl methyl sites for hydroxylation is 1. The second-order valence-corrected chi connectivity index (χ2v) is 5.07. The molecule has 2 nitrogen and oxygen atoms in total. The molecule has 0 N–H and O–H groups in total. The van der Waals surface area contributed by atoms with Gasteiger partial charge in [-0.05, 0) is 19.1 Å². The van der Waals surface area contributed by atoms with Crippen LogP contribution in [0, 0.1) is 0 Å². The van der Waals surface area contributed by atoms with Crippen LogP contribution in [0.15, 0.2) is 18.3 Å². The van der Waals surface area contributed by atoms with Crippen molar-refractivity contribution < 1.29 is 4.79 Å². The van der Waals surface area contributed by atoms with Crippen molar-refractivity contribution in [1.29, 1.82) is 0 Å². The topological polar surface area (TPSA) is 22.0 Å². The van der Waals surface area contributed by atoms with E-state index in [-0.39, 0.29) is 11.1 Å². The Kier molecular flexibility index (Phi) is 3.81. The molecule has 1 aromatic heterocycles. The smallest absolute Gasteiger partial charge is 0.175 e. The van der Waals surface area contributed by atoms with Gasteiger partial charge in [-0.2, -0.15) is 0 Å². The quantitative estimate of drug-likeness (QED) is 0.596. The second kappa shape index (κ2) is 5.01. The molecule has 0 spiro atoms. The minimum atomic E-state index is 0.0198. The van der Waals surface area contributed by atoms with Crippen molar-refractivity contribution in [3.8, 4) is 0 Å². The molecule has 17 heavy (non-hydrogen) atoms. The number of aromatic nitrogens is 1. The molecule has 0 unspecified atom stereocenters. The number of nitrogens with zero attached hydrogens (tertiary/aromatic N) is 1. The highest BCUT2D eigenvalue weighted by Gasteiger charge is 2.16. The summed E-state index contributed by atoms with van der Waals surface area (Å²) in [6.07, 6.45) is 1.83. The highest BCUT2D eigenvalue weighted by Crippen LogP contribution is 2.32. The summed E-state index contributed by atoms with van der Waals surface area (Å²) in [6, 6.07) is 3.49. The molecular weight excluding hydrogens is 325 g/mol. The zero-order valence-electron chi connectivity index (χ0n) is 9.14. The van der Waals surface area contributed by atoms with Crippen molar-refractivity contribution in [1.82, 2.24) is 4.57 Å². The van der Waals surface area contributed by atoms with Crippen molar-refractivity contribution in [3.63, 3.8) is 0 Å². The molecule has 90 valence electrons. The van der Waals surface area contributed by atoms with E-state index in [2.05, 4.69) is 15.9 Å². The van der Waals surface area contributed by atoms with E-state index in [1.54, 1.807) is 6.07 Å². The van der Waals surface area contributed by atoms with Gasteiger partial charge >= 0.3 is 0 Å². The number of carbonyl (C=O) groups is 1. The number of Topliss-reactive ketones (excluding diaryl/α,β-unsaturated/α-hetero) is 1. The minimum Gasteiger partial charge on any atom is -0.347 e. The molecule has 0 saturated heterocycles. The molecule has 0 aliphatic rings. The molecule has 1 aromatic carbocycles. The molecule has 0 atom stereocenters. The minimum absolute atomic E-state index is 0.0198. The van der Waals surface area contributed by atoms with Crippen LogP contribution in [0.2, 0.25) is 10.0 Å². The third kappa shape index (κ3) is 2.24. The molecule has 2 rings (SSSR count). The number of rotatable bonds is 3. The number of hydrogen-bond acceptors (Lipinski definition) is 1. The van der Waals surface area contributed by atoms with E-state index in [4.69, 9.17) is 23.2 Å². The summed E-state index contributed by atoms with van der Waals surface area (Å²) >= 11 is 15.3. The lowest BCUT2D eigenvalue weighted by Crippen LogP contribution is -1.98. The van der Waals surface area contributed by atoms with Gasteiger partial charge in [-0.3, -0.25) is 4.79 Å². The zero-order chi connectivity index (χ0) is 12.6. The highest BCUT2D eigenvalue weighted by atomic mass is 79.9. The molecule has 0 bridgehead atoms. The van der Waals surface area contributed by atoms with Gasteiger partial charge in [-0.25, -0.2) is 0 Å². The van der Waals surface area contributed by atoms with Crippen LogP contribution >= 0.6 is 39.1 Å². The van der Waals surface area contributed by atoms with Crippen LogP contribution in [0.3, 0.4) is 0 Å². The van der Waals surface area contributed by atoms with E-state index in [1.807, 2.05) is 23.8 Å². The van der Waals surface area contributed by atoms with Crippen LogP contribution in [0.1, 0.15) is 17.3 Å². The average Bonchev–Trinajstić information content (AvgIpc) is 2.66. The number of carbonyl (C=O) groups excluding carboxylic acids is 1. The normalized spacial score (nSPS) is 11.1. The van der Waals surface area contributed by atoms with Gasteiger partial charge in [0, 0.05) is 28.7 Å². The van der Waals surface area contributed by atoms with Gasteiger partial charge in [-0.15, -0.1) is 0 Å². The number of ketones is 1. The van der Waals surface area contributed by atoms with Gasteiger partial charge in [-0.1, -0.05) is 39.1 Å². The predicted molar refractivity (Wildman–Crippen MR) is 75.8 cm³/mol. The van der Waals surface area contributed by atoms with E-state index < -0.39 is 0 Å². The summed E-state index contributed by atoms with van der Waals surface area (Å²) in [6.45, 7) is 2.78. The Bertz CT molecular complexity index is 592. The standard InChI is InChI=1S/C12H10BrCl2NO/c1-2-16-6-8(11(17)5-13)12-9(15)3-7(14)4-10(12)16/h3-4,6H,2,5H2,1H3. The summed E-state index contributed by atoms with van der Waals surface area (Å²) in [5, 5.41) is 2.16. The Labute approximate surface area is 118 Å². The third-order valence-corrected chi connectivity index (χ3v) is 3.69. The first kappa shape index (κ1) is 12.9. The van der Waals surface area contributed by atoms with Crippen LogP contribution in [0.4, 0.5) is 0 Å². The van der Waals surface area contributed by atoms with Crippen LogP contribution in [0.5, 0.6) is 0 Å². The molecule has 0 aliphatic heterocycles. The first-order valence-electron chi connectivity index (χ1n) is 5.15. The van der Waals surface area contributed by atoms with Crippen LogP contribution < -0.4 is 0 Å². The van der Waals surface area contributed by atoms with Gasteiger partial charge in [0.1, 0.15) is 0 Å². The molecule has 5 heteroatoms. The Hall–Kier alpha value is -0.510. The second-order valence-electron chi connectivity index (χ2n) is 3.67. The van der Waals surface area contributed by atoms with Crippen molar-refractivity contribution in [2.75, 3.05) is 5.33 Å². The fourth-order valence-electron chi connectivity index (χ4n) is 1.89. The summed E-state index contributed by atoms with van der Waals surface area (Å²) in [4.78, 5) is 11.8. The fraction of sp³-hybridized carbons (Fsp3) is 0.250. The van der Waals surface area contributed by atoms with E-state index >= 15 is 0 Å². The van der Waals surface area contributed by atoms with E-state index in [0.717, 1.165) is 17.4 Å². The maximum atomic E-state index is 11.8. The van der Waals surface area contributed by atoms with Crippen molar-refractivity contribution in [3.05, 3.63) is 33.9 Å². The van der Waals surface area contributed by atoms with E-state index in [1.165, 1.54) is 0 Å². The van der Waals surface area contributed by atoms with Crippen molar-refractivity contribution >= 4 is 55.8 Å². The fourth-order valence-corrected chi connectivity index (χ4v) is 2.77. The summed E-state index contributed by atoms with van der Waals surface area (Å²) in [5.41, 5.74) is 1.54.